The Morgan fingerprint density at radius 1 is 1.04 bits per heavy atom. The van der Waals surface area contributed by atoms with Crippen molar-refractivity contribution in [3.05, 3.63) is 59.7 Å². The maximum absolute atomic E-state index is 12.5. The number of anilines is 1. The van der Waals surface area contributed by atoms with Crippen molar-refractivity contribution in [1.82, 2.24) is 5.32 Å². The van der Waals surface area contributed by atoms with Crippen LogP contribution in [-0.2, 0) is 11.2 Å². The van der Waals surface area contributed by atoms with E-state index >= 15 is 0 Å². The fourth-order valence-corrected chi connectivity index (χ4v) is 3.14. The molecule has 3 rings (SSSR count). The highest BCUT2D eigenvalue weighted by Gasteiger charge is 2.17. The van der Waals surface area contributed by atoms with Gasteiger partial charge in [-0.2, -0.15) is 0 Å². The van der Waals surface area contributed by atoms with Crippen molar-refractivity contribution in [2.75, 3.05) is 12.4 Å². The molecule has 5 nitrogen and oxygen atoms in total. The average Bonchev–Trinajstić information content (AvgIpc) is 3.16. The number of rotatable bonds is 6. The summed E-state index contributed by atoms with van der Waals surface area (Å²) in [5.41, 5.74) is 1.98. The van der Waals surface area contributed by atoms with Gasteiger partial charge in [-0.05, 0) is 61.6 Å². The van der Waals surface area contributed by atoms with E-state index in [1.165, 1.54) is 12.8 Å². The van der Waals surface area contributed by atoms with E-state index in [1.54, 1.807) is 25.2 Å². The van der Waals surface area contributed by atoms with E-state index in [9.17, 15) is 9.59 Å². The molecule has 0 atom stereocenters. The molecule has 1 aliphatic carbocycles. The molecule has 1 aliphatic rings. The zero-order chi connectivity index (χ0) is 18.4. The van der Waals surface area contributed by atoms with Crippen LogP contribution in [0.2, 0.25) is 0 Å². The highest BCUT2D eigenvalue weighted by molar-refractivity contribution is 6.05. The van der Waals surface area contributed by atoms with Crippen molar-refractivity contribution >= 4 is 17.5 Å². The summed E-state index contributed by atoms with van der Waals surface area (Å²) in [6.07, 6.45) is 5.17. The average molecular weight is 352 g/mol. The molecule has 0 aromatic heterocycles. The highest BCUT2D eigenvalue weighted by Crippen LogP contribution is 2.24. The van der Waals surface area contributed by atoms with Crippen LogP contribution in [0.15, 0.2) is 48.5 Å². The second-order valence-corrected chi connectivity index (χ2v) is 6.51. The summed E-state index contributed by atoms with van der Waals surface area (Å²) in [5.74, 6) is 0.496. The minimum absolute atomic E-state index is 0.0971. The van der Waals surface area contributed by atoms with E-state index in [-0.39, 0.29) is 18.2 Å². The minimum atomic E-state index is -0.207. The molecule has 1 saturated carbocycles. The number of carbonyl (C=O) groups excluding carboxylic acids is 2. The highest BCUT2D eigenvalue weighted by atomic mass is 16.5. The summed E-state index contributed by atoms with van der Waals surface area (Å²) in [6.45, 7) is 0. The van der Waals surface area contributed by atoms with Gasteiger partial charge < -0.3 is 15.4 Å². The van der Waals surface area contributed by atoms with Crippen LogP contribution in [-0.4, -0.2) is 25.0 Å². The molecule has 2 aromatic carbocycles. The van der Waals surface area contributed by atoms with E-state index in [0.29, 0.717) is 17.4 Å². The predicted octanol–water partition coefficient (Wildman–Crippen LogP) is 3.55. The molecule has 26 heavy (non-hydrogen) atoms. The van der Waals surface area contributed by atoms with Crippen molar-refractivity contribution in [2.45, 2.75) is 38.2 Å². The smallest absolute Gasteiger partial charge is 0.255 e. The number of amides is 2. The SMILES string of the molecule is CNC(=O)Cc1ccccc1NC(=O)c1ccc(OC2CCCC2)cc1. The number of para-hydroxylation sites is 1. The normalized spacial score (nSPS) is 14.0. The third-order valence-electron chi connectivity index (χ3n) is 4.62. The van der Waals surface area contributed by atoms with E-state index < -0.39 is 0 Å². The van der Waals surface area contributed by atoms with Crippen molar-refractivity contribution in [1.29, 1.82) is 0 Å². The molecule has 136 valence electrons. The van der Waals surface area contributed by atoms with Crippen LogP contribution in [0.4, 0.5) is 5.69 Å². The van der Waals surface area contributed by atoms with Crippen LogP contribution in [0.1, 0.15) is 41.6 Å². The zero-order valence-corrected chi connectivity index (χ0v) is 15.0. The molecular formula is C21H24N2O3. The molecule has 2 N–H and O–H groups in total. The van der Waals surface area contributed by atoms with Crippen molar-refractivity contribution < 1.29 is 14.3 Å². The number of hydrogen-bond acceptors (Lipinski definition) is 3. The lowest BCUT2D eigenvalue weighted by atomic mass is 10.1. The lowest BCUT2D eigenvalue weighted by molar-refractivity contribution is -0.119. The monoisotopic (exact) mass is 352 g/mol. The van der Waals surface area contributed by atoms with Gasteiger partial charge in [0.05, 0.1) is 12.5 Å². The van der Waals surface area contributed by atoms with Gasteiger partial charge in [-0.15, -0.1) is 0 Å². The second kappa shape index (κ2) is 8.52. The standard InChI is InChI=1S/C21H24N2O3/c1-22-20(24)14-16-6-2-5-9-19(16)23-21(25)15-10-12-18(13-11-15)26-17-7-3-4-8-17/h2,5-6,9-13,17H,3-4,7-8,14H2,1H3,(H,22,24)(H,23,25). The first kappa shape index (κ1) is 18.0. The Morgan fingerprint density at radius 2 is 1.73 bits per heavy atom. The van der Waals surface area contributed by atoms with Crippen LogP contribution in [0.5, 0.6) is 5.75 Å². The fraction of sp³-hybridized carbons (Fsp3) is 0.333. The molecule has 1 fully saturated rings. The molecule has 0 aliphatic heterocycles. The number of nitrogens with one attached hydrogen (secondary N) is 2. The molecule has 2 amide bonds. The maximum atomic E-state index is 12.5. The lowest BCUT2D eigenvalue weighted by Gasteiger charge is -2.14. The quantitative estimate of drug-likeness (QED) is 0.835. The third-order valence-corrected chi connectivity index (χ3v) is 4.62. The van der Waals surface area contributed by atoms with Crippen molar-refractivity contribution in [2.24, 2.45) is 0 Å². The Labute approximate surface area is 153 Å². The predicted molar refractivity (Wildman–Crippen MR) is 101 cm³/mol. The van der Waals surface area contributed by atoms with E-state index in [4.69, 9.17) is 4.74 Å². The Morgan fingerprint density at radius 3 is 2.42 bits per heavy atom. The summed E-state index contributed by atoms with van der Waals surface area (Å²) in [5, 5.41) is 5.48. The van der Waals surface area contributed by atoms with Crippen LogP contribution in [0.3, 0.4) is 0 Å². The Hall–Kier alpha value is -2.82. The van der Waals surface area contributed by atoms with Gasteiger partial charge in [0.15, 0.2) is 0 Å². The van der Waals surface area contributed by atoms with E-state index in [1.807, 2.05) is 30.3 Å². The summed E-state index contributed by atoms with van der Waals surface area (Å²) < 4.78 is 5.93. The Balaban J connectivity index is 1.65. The van der Waals surface area contributed by atoms with Gasteiger partial charge in [-0.3, -0.25) is 9.59 Å². The first-order valence-corrected chi connectivity index (χ1v) is 9.02. The Bertz CT molecular complexity index is 765. The summed E-state index contributed by atoms with van der Waals surface area (Å²) in [7, 11) is 1.60. The van der Waals surface area contributed by atoms with Crippen LogP contribution in [0, 0.1) is 0 Å². The van der Waals surface area contributed by atoms with Gasteiger partial charge in [-0.25, -0.2) is 0 Å². The topological polar surface area (TPSA) is 67.4 Å². The number of benzene rings is 2. The van der Waals surface area contributed by atoms with Gasteiger partial charge in [-0.1, -0.05) is 18.2 Å². The molecule has 0 heterocycles. The minimum Gasteiger partial charge on any atom is -0.490 e. The third kappa shape index (κ3) is 4.63. The fourth-order valence-electron chi connectivity index (χ4n) is 3.14. The van der Waals surface area contributed by atoms with Gasteiger partial charge in [0.25, 0.3) is 5.91 Å². The number of likely N-dealkylation sites (N-methyl/N-ethyl adjacent to an activating group) is 1. The summed E-state index contributed by atoms with van der Waals surface area (Å²) >= 11 is 0. The van der Waals surface area contributed by atoms with Crippen LogP contribution < -0.4 is 15.4 Å². The van der Waals surface area contributed by atoms with Gasteiger partial charge >= 0.3 is 0 Å². The Kier molecular flexibility index (Phi) is 5.89. The molecule has 0 spiro atoms. The number of carbonyl (C=O) groups is 2. The molecule has 0 radical (unpaired) electrons. The zero-order valence-electron chi connectivity index (χ0n) is 15.0. The molecule has 0 unspecified atom stereocenters. The maximum Gasteiger partial charge on any atom is 0.255 e. The van der Waals surface area contributed by atoms with E-state index in [0.717, 1.165) is 24.2 Å². The van der Waals surface area contributed by atoms with Gasteiger partial charge in [0, 0.05) is 18.3 Å². The number of ether oxygens (including phenoxy) is 1. The van der Waals surface area contributed by atoms with Crippen molar-refractivity contribution in [3.8, 4) is 5.75 Å². The first-order valence-electron chi connectivity index (χ1n) is 9.02. The molecule has 5 heteroatoms. The second-order valence-electron chi connectivity index (χ2n) is 6.51. The molecular weight excluding hydrogens is 328 g/mol. The van der Waals surface area contributed by atoms with Gasteiger partial charge in [0.2, 0.25) is 5.91 Å². The number of hydrogen-bond donors (Lipinski definition) is 2. The summed E-state index contributed by atoms with van der Waals surface area (Å²) in [6, 6.07) is 14.5. The molecule has 0 saturated heterocycles. The molecule has 2 aromatic rings. The van der Waals surface area contributed by atoms with Crippen LogP contribution in [0.25, 0.3) is 0 Å². The van der Waals surface area contributed by atoms with Crippen LogP contribution >= 0.6 is 0 Å². The largest absolute Gasteiger partial charge is 0.490 e. The summed E-state index contributed by atoms with van der Waals surface area (Å²) in [4.78, 5) is 24.2. The van der Waals surface area contributed by atoms with Gasteiger partial charge in [0.1, 0.15) is 5.75 Å². The van der Waals surface area contributed by atoms with Crippen molar-refractivity contribution in [3.63, 3.8) is 0 Å². The first-order chi connectivity index (χ1) is 12.7. The van der Waals surface area contributed by atoms with E-state index in [2.05, 4.69) is 10.6 Å². The lowest BCUT2D eigenvalue weighted by Crippen LogP contribution is -2.21. The molecule has 0 bridgehead atoms.